The second-order valence-electron chi connectivity index (χ2n) is 1.43. The van der Waals surface area contributed by atoms with E-state index < -0.39 is 6.10 Å². The molecule has 0 radical (unpaired) electrons. The van der Waals surface area contributed by atoms with Gasteiger partial charge in [0.2, 0.25) is 0 Å². The predicted molar refractivity (Wildman–Crippen MR) is 41.1 cm³/mol. The van der Waals surface area contributed by atoms with Gasteiger partial charge < -0.3 is 19.4 Å². The van der Waals surface area contributed by atoms with Crippen molar-refractivity contribution < 1.29 is 19.4 Å². The van der Waals surface area contributed by atoms with Crippen LogP contribution in [0.1, 0.15) is 0 Å². The molecule has 0 aromatic rings. The molecule has 0 aliphatic rings. The summed E-state index contributed by atoms with van der Waals surface area (Å²) in [6, 6.07) is 0. The van der Waals surface area contributed by atoms with E-state index in [1.165, 1.54) is 0 Å². The maximum Gasteiger partial charge on any atom is 0.129 e. The van der Waals surface area contributed by atoms with Crippen molar-refractivity contribution in [3.63, 3.8) is 0 Å². The Kier molecular flexibility index (Phi) is 14.8. The molecule has 0 heterocycles. The van der Waals surface area contributed by atoms with E-state index in [0.717, 1.165) is 21.0 Å². The Balaban J connectivity index is 0. The van der Waals surface area contributed by atoms with Crippen LogP contribution in [0.15, 0.2) is 0 Å². The highest BCUT2D eigenvalue weighted by molar-refractivity contribution is 6.15. The summed E-state index contributed by atoms with van der Waals surface area (Å²) in [4.78, 5) is 0. The fourth-order valence-electron chi connectivity index (χ4n) is 0.0577. The molecule has 0 amide bonds. The third-order valence-corrected chi connectivity index (χ3v) is 0.421. The van der Waals surface area contributed by atoms with Gasteiger partial charge in [-0.2, -0.15) is 0 Å². The molecule has 4 nitrogen and oxygen atoms in total. The molecule has 0 aliphatic carbocycles. The molecule has 0 fully saturated rings. The lowest BCUT2D eigenvalue weighted by molar-refractivity contribution is 0.0450. The maximum absolute atomic E-state index is 8.17. The molecule has 58 valence electrons. The van der Waals surface area contributed by atoms with E-state index in [0.29, 0.717) is 0 Å². The van der Waals surface area contributed by atoms with Crippen LogP contribution in [-0.4, -0.2) is 55.6 Å². The van der Waals surface area contributed by atoms with E-state index >= 15 is 0 Å². The summed E-state index contributed by atoms with van der Waals surface area (Å²) in [7, 11) is 1.86. The standard InChI is InChI=1S/C3H8O3.H6OSi2/c4-1-3(6)2-5;2-1-3/h3-6H,1-2H2;2-3H3. The largest absolute Gasteiger partial charge is 0.471 e. The Morgan fingerprint density at radius 1 is 1.22 bits per heavy atom. The minimum atomic E-state index is -0.954. The Morgan fingerprint density at radius 3 is 1.44 bits per heavy atom. The molecule has 0 spiro atoms. The van der Waals surface area contributed by atoms with Gasteiger partial charge in [0, 0.05) is 0 Å². The van der Waals surface area contributed by atoms with Crippen LogP contribution in [0.2, 0.25) is 0 Å². The second-order valence-corrected chi connectivity index (χ2v) is 4.69. The van der Waals surface area contributed by atoms with Crippen LogP contribution in [0, 0.1) is 0 Å². The van der Waals surface area contributed by atoms with Crippen molar-refractivity contribution in [3.8, 4) is 0 Å². The minimum Gasteiger partial charge on any atom is -0.471 e. The van der Waals surface area contributed by atoms with Gasteiger partial charge in [-0.1, -0.05) is 0 Å². The SMILES string of the molecule is OCC(O)CO.[SiH3]O[SiH3]. The van der Waals surface area contributed by atoms with E-state index in [1.54, 1.807) is 0 Å². The van der Waals surface area contributed by atoms with Crippen LogP contribution < -0.4 is 0 Å². The summed E-state index contributed by atoms with van der Waals surface area (Å²) in [5.41, 5.74) is 0. The third-order valence-electron chi connectivity index (χ3n) is 0.421. The first-order chi connectivity index (χ1) is 4.22. The van der Waals surface area contributed by atoms with E-state index in [9.17, 15) is 0 Å². The number of aliphatic hydroxyl groups excluding tert-OH is 3. The fraction of sp³-hybridized carbons (Fsp3) is 1.00. The lowest BCUT2D eigenvalue weighted by Gasteiger charge is -1.96. The Hall–Kier alpha value is 0.274. The van der Waals surface area contributed by atoms with Gasteiger partial charge in [0.25, 0.3) is 0 Å². The zero-order valence-electron chi connectivity index (χ0n) is 5.74. The molecule has 0 aromatic heterocycles. The molecule has 0 rings (SSSR count). The molecule has 3 N–H and O–H groups in total. The van der Waals surface area contributed by atoms with Crippen molar-refractivity contribution in [2.24, 2.45) is 0 Å². The van der Waals surface area contributed by atoms with Crippen molar-refractivity contribution in [1.82, 2.24) is 0 Å². The second kappa shape index (κ2) is 11.1. The Morgan fingerprint density at radius 2 is 1.44 bits per heavy atom. The van der Waals surface area contributed by atoms with Crippen LogP contribution in [0.25, 0.3) is 0 Å². The van der Waals surface area contributed by atoms with Crippen molar-refractivity contribution in [2.75, 3.05) is 13.2 Å². The maximum atomic E-state index is 8.17. The summed E-state index contributed by atoms with van der Waals surface area (Å²) in [6.45, 7) is -0.729. The smallest absolute Gasteiger partial charge is 0.129 e. The summed E-state index contributed by atoms with van der Waals surface area (Å²) in [5, 5.41) is 24.0. The molecule has 6 heteroatoms. The Bertz CT molecular complexity index is 40.8. The van der Waals surface area contributed by atoms with Gasteiger partial charge in [-0.05, 0) is 0 Å². The van der Waals surface area contributed by atoms with Gasteiger partial charge >= 0.3 is 0 Å². The average Bonchev–Trinajstić information content (AvgIpc) is 1.88. The first-order valence-electron chi connectivity index (χ1n) is 2.52. The molecule has 0 aliphatic heterocycles. The topological polar surface area (TPSA) is 69.9 Å². The number of aliphatic hydroxyl groups is 3. The van der Waals surface area contributed by atoms with Crippen molar-refractivity contribution >= 4 is 21.0 Å². The van der Waals surface area contributed by atoms with Crippen LogP contribution in [0.4, 0.5) is 0 Å². The highest BCUT2D eigenvalue weighted by atomic mass is 28.3. The first kappa shape index (κ1) is 12.0. The lowest BCUT2D eigenvalue weighted by atomic mass is 10.4. The van der Waals surface area contributed by atoms with E-state index in [1.807, 2.05) is 0 Å². The zero-order valence-corrected chi connectivity index (χ0v) is 9.74. The van der Waals surface area contributed by atoms with E-state index in [2.05, 4.69) is 4.12 Å². The van der Waals surface area contributed by atoms with Crippen LogP contribution in [0.3, 0.4) is 0 Å². The van der Waals surface area contributed by atoms with Gasteiger partial charge in [0.05, 0.1) is 13.2 Å². The monoisotopic (exact) mass is 170 g/mol. The predicted octanol–water partition coefficient (Wildman–Crippen LogP) is -4.10. The molecule has 0 saturated heterocycles. The molecule has 0 unspecified atom stereocenters. The minimum absolute atomic E-state index is 0.365. The lowest BCUT2D eigenvalue weighted by Crippen LogP contribution is -2.15. The molecular weight excluding hydrogens is 156 g/mol. The van der Waals surface area contributed by atoms with Gasteiger partial charge in [0.1, 0.15) is 27.1 Å². The molecule has 0 saturated carbocycles. The number of hydrogen-bond donors (Lipinski definition) is 3. The number of rotatable bonds is 2. The Labute approximate surface area is 60.6 Å². The van der Waals surface area contributed by atoms with Crippen LogP contribution in [0.5, 0.6) is 0 Å². The van der Waals surface area contributed by atoms with Crippen LogP contribution in [-0.2, 0) is 4.12 Å². The van der Waals surface area contributed by atoms with Crippen molar-refractivity contribution in [2.45, 2.75) is 6.10 Å². The summed E-state index contributed by atoms with van der Waals surface area (Å²) >= 11 is 0. The molecule has 0 atom stereocenters. The first-order valence-corrected chi connectivity index (χ1v) is 4.16. The zero-order chi connectivity index (χ0) is 7.70. The molecule has 9 heavy (non-hydrogen) atoms. The number of hydrogen-bond acceptors (Lipinski definition) is 4. The highest BCUT2D eigenvalue weighted by Crippen LogP contribution is 1.71. The van der Waals surface area contributed by atoms with Crippen molar-refractivity contribution in [1.29, 1.82) is 0 Å². The summed E-state index contributed by atoms with van der Waals surface area (Å²) < 4.78 is 4.53. The quantitative estimate of drug-likeness (QED) is 0.368. The molecule has 0 bridgehead atoms. The van der Waals surface area contributed by atoms with E-state index in [-0.39, 0.29) is 13.2 Å². The molecular formula is C3H14O4Si2. The van der Waals surface area contributed by atoms with Crippen molar-refractivity contribution in [3.05, 3.63) is 0 Å². The van der Waals surface area contributed by atoms with Gasteiger partial charge in [-0.25, -0.2) is 0 Å². The average molecular weight is 170 g/mol. The highest BCUT2D eigenvalue weighted by Gasteiger charge is 1.93. The van der Waals surface area contributed by atoms with Gasteiger partial charge in [-0.15, -0.1) is 0 Å². The summed E-state index contributed by atoms with van der Waals surface area (Å²) in [6.07, 6.45) is -0.954. The van der Waals surface area contributed by atoms with E-state index in [4.69, 9.17) is 15.3 Å². The van der Waals surface area contributed by atoms with Gasteiger partial charge in [-0.3, -0.25) is 0 Å². The third kappa shape index (κ3) is 17.8. The van der Waals surface area contributed by atoms with Crippen LogP contribution >= 0.6 is 0 Å². The fourth-order valence-corrected chi connectivity index (χ4v) is 0.0577. The summed E-state index contributed by atoms with van der Waals surface area (Å²) in [5.74, 6) is 0. The molecule has 0 aromatic carbocycles. The van der Waals surface area contributed by atoms with Gasteiger partial charge in [0.15, 0.2) is 0 Å². The normalized spacial score (nSPS) is 9.33.